The van der Waals surface area contributed by atoms with E-state index in [1.807, 2.05) is 0 Å². The Labute approximate surface area is 148 Å². The summed E-state index contributed by atoms with van der Waals surface area (Å²) < 4.78 is 76.7. The molecule has 0 spiro atoms. The number of halogens is 2. The van der Waals surface area contributed by atoms with Crippen LogP contribution < -0.4 is 0 Å². The first-order chi connectivity index (χ1) is 12.0. The van der Waals surface area contributed by atoms with Gasteiger partial charge in [0.25, 0.3) is 5.16 Å². The molecule has 0 unspecified atom stereocenters. The van der Waals surface area contributed by atoms with Gasteiger partial charge in [-0.25, -0.2) is 13.8 Å². The number of rotatable bonds is 6. The molecule has 0 atom stereocenters. The van der Waals surface area contributed by atoms with Crippen LogP contribution in [0.1, 0.15) is 5.56 Å². The Bertz CT molecular complexity index is 1050. The molecule has 26 heavy (non-hydrogen) atoms. The highest BCUT2D eigenvalue weighted by atomic mass is 32.2. The minimum absolute atomic E-state index is 0.277. The van der Waals surface area contributed by atoms with Gasteiger partial charge in [-0.15, -0.1) is 9.19 Å². The van der Waals surface area contributed by atoms with Gasteiger partial charge in [0, 0.05) is 26.7 Å². The molecule has 0 bridgehead atoms. The van der Waals surface area contributed by atoms with Crippen molar-refractivity contribution in [2.75, 3.05) is 21.1 Å². The van der Waals surface area contributed by atoms with Crippen molar-refractivity contribution < 1.29 is 25.6 Å². The van der Waals surface area contributed by atoms with Crippen LogP contribution in [0.3, 0.4) is 0 Å². The van der Waals surface area contributed by atoms with E-state index in [2.05, 4.69) is 15.2 Å². The molecular weight excluding hydrogens is 394 g/mol. The normalized spacial score (nSPS) is 12.8. The predicted molar refractivity (Wildman–Crippen MR) is 86.9 cm³/mol. The van der Waals surface area contributed by atoms with Crippen molar-refractivity contribution in [2.24, 2.45) is 5.10 Å². The highest BCUT2D eigenvalue weighted by Gasteiger charge is 2.27. The first-order valence-corrected chi connectivity index (χ1v) is 9.63. The molecule has 0 aliphatic rings. The molecule has 0 fully saturated rings. The largest absolute Gasteiger partial charge is 0.323 e. The van der Waals surface area contributed by atoms with E-state index in [1.165, 1.54) is 26.2 Å². The molecule has 0 saturated heterocycles. The minimum atomic E-state index is -4.40. The summed E-state index contributed by atoms with van der Waals surface area (Å²) in [6.07, 6.45) is 1.51. The Morgan fingerprint density at radius 3 is 2.42 bits per heavy atom. The van der Waals surface area contributed by atoms with Crippen LogP contribution in [0.25, 0.3) is 0 Å². The SMILES string of the molecule is CN(/N=C/c1cccc(F)c1F)S(=O)(=O)c1ncn(S(=O)(=O)N(C)C)n1. The lowest BCUT2D eigenvalue weighted by atomic mass is 10.2. The summed E-state index contributed by atoms with van der Waals surface area (Å²) in [5, 5.41) is 6.11. The van der Waals surface area contributed by atoms with E-state index >= 15 is 0 Å². The van der Waals surface area contributed by atoms with E-state index in [-0.39, 0.29) is 5.56 Å². The van der Waals surface area contributed by atoms with Crippen LogP contribution in [-0.2, 0) is 20.2 Å². The smallest absolute Gasteiger partial charge is 0.204 e. The zero-order chi connectivity index (χ0) is 19.7. The van der Waals surface area contributed by atoms with Gasteiger partial charge >= 0.3 is 20.2 Å². The van der Waals surface area contributed by atoms with Crippen molar-refractivity contribution in [3.8, 4) is 0 Å². The summed E-state index contributed by atoms with van der Waals surface area (Å²) >= 11 is 0. The van der Waals surface area contributed by atoms with E-state index in [0.717, 1.165) is 23.6 Å². The van der Waals surface area contributed by atoms with Gasteiger partial charge in [0.15, 0.2) is 11.6 Å². The maximum absolute atomic E-state index is 13.5. The molecule has 142 valence electrons. The topological polar surface area (TPSA) is 118 Å². The molecule has 0 amide bonds. The van der Waals surface area contributed by atoms with Crippen LogP contribution >= 0.6 is 0 Å². The molecule has 1 heterocycles. The number of hydrogen-bond acceptors (Lipinski definition) is 7. The number of hydrazone groups is 1. The zero-order valence-electron chi connectivity index (χ0n) is 13.8. The van der Waals surface area contributed by atoms with Gasteiger partial charge in [-0.1, -0.05) is 12.1 Å². The highest BCUT2D eigenvalue weighted by Crippen LogP contribution is 2.12. The van der Waals surface area contributed by atoms with Crippen molar-refractivity contribution in [3.63, 3.8) is 0 Å². The lowest BCUT2D eigenvalue weighted by Gasteiger charge is -2.11. The molecule has 0 radical (unpaired) electrons. The second-order valence-electron chi connectivity index (χ2n) is 5.02. The summed E-state index contributed by atoms with van der Waals surface area (Å²) in [6, 6.07) is 3.32. The fraction of sp³-hybridized carbons (Fsp3) is 0.250. The Kier molecular flexibility index (Phi) is 5.39. The van der Waals surface area contributed by atoms with Gasteiger partial charge in [0.1, 0.15) is 6.33 Å². The average molecular weight is 408 g/mol. The van der Waals surface area contributed by atoms with Gasteiger partial charge in [-0.05, 0) is 6.07 Å². The van der Waals surface area contributed by atoms with Gasteiger partial charge in [0.2, 0.25) is 0 Å². The Morgan fingerprint density at radius 2 is 1.81 bits per heavy atom. The monoisotopic (exact) mass is 408 g/mol. The number of hydrogen-bond donors (Lipinski definition) is 0. The van der Waals surface area contributed by atoms with E-state index in [0.29, 0.717) is 14.8 Å². The first kappa shape index (κ1) is 19.9. The third-order valence-electron chi connectivity index (χ3n) is 3.07. The maximum atomic E-state index is 13.5. The zero-order valence-corrected chi connectivity index (χ0v) is 15.4. The number of sulfonamides is 1. The minimum Gasteiger partial charge on any atom is -0.204 e. The van der Waals surface area contributed by atoms with Crippen LogP contribution in [0.15, 0.2) is 34.8 Å². The number of aromatic nitrogens is 3. The summed E-state index contributed by atoms with van der Waals surface area (Å²) in [6.45, 7) is 0. The van der Waals surface area contributed by atoms with Crippen LogP contribution in [0.2, 0.25) is 0 Å². The third-order valence-corrected chi connectivity index (χ3v) is 6.08. The number of nitrogens with zero attached hydrogens (tertiary/aromatic N) is 6. The molecule has 0 saturated carbocycles. The summed E-state index contributed by atoms with van der Waals surface area (Å²) in [5.74, 6) is -2.31. The third kappa shape index (κ3) is 3.71. The summed E-state index contributed by atoms with van der Waals surface area (Å²) in [7, 11) is -4.98. The highest BCUT2D eigenvalue weighted by molar-refractivity contribution is 7.89. The molecule has 1 aromatic carbocycles. The fourth-order valence-electron chi connectivity index (χ4n) is 1.58. The van der Waals surface area contributed by atoms with E-state index in [9.17, 15) is 25.6 Å². The summed E-state index contributed by atoms with van der Waals surface area (Å²) in [5.41, 5.74) is -0.277. The summed E-state index contributed by atoms with van der Waals surface area (Å²) in [4.78, 5) is 3.45. The Balaban J connectivity index is 2.32. The fourth-order valence-corrected chi connectivity index (χ4v) is 3.09. The quantitative estimate of drug-likeness (QED) is 0.485. The standard InChI is InChI=1S/C12H14F2N6O4S2/c1-18(2)26(23,24)20-8-15-12(17-20)25(21,22)19(3)16-7-9-5-4-6-10(13)11(9)14/h4-8H,1-3H3/b16-7+. The Morgan fingerprint density at radius 1 is 1.15 bits per heavy atom. The first-order valence-electron chi connectivity index (χ1n) is 6.79. The second-order valence-corrected chi connectivity index (χ2v) is 8.86. The van der Waals surface area contributed by atoms with Crippen molar-refractivity contribution in [1.82, 2.24) is 22.9 Å². The van der Waals surface area contributed by atoms with Crippen molar-refractivity contribution >= 4 is 26.4 Å². The molecule has 14 heteroatoms. The Hall–Kier alpha value is -2.45. The van der Waals surface area contributed by atoms with Gasteiger partial charge in [0.05, 0.1) is 6.21 Å². The van der Waals surface area contributed by atoms with E-state index in [4.69, 9.17) is 0 Å². The molecule has 1 aromatic heterocycles. The van der Waals surface area contributed by atoms with Crippen molar-refractivity contribution in [1.29, 1.82) is 0 Å². The number of benzene rings is 1. The van der Waals surface area contributed by atoms with Gasteiger partial charge in [-0.2, -0.15) is 30.7 Å². The molecule has 10 nitrogen and oxygen atoms in total. The molecule has 0 aliphatic heterocycles. The molecule has 2 rings (SSSR count). The van der Waals surface area contributed by atoms with Crippen LogP contribution in [0, 0.1) is 11.6 Å². The molecule has 2 aromatic rings. The maximum Gasteiger partial charge on any atom is 0.323 e. The molecule has 0 aliphatic carbocycles. The molecule has 0 N–H and O–H groups in total. The van der Waals surface area contributed by atoms with Crippen LogP contribution in [0.5, 0.6) is 0 Å². The van der Waals surface area contributed by atoms with Gasteiger partial charge in [-0.3, -0.25) is 0 Å². The van der Waals surface area contributed by atoms with Gasteiger partial charge < -0.3 is 0 Å². The van der Waals surface area contributed by atoms with Crippen LogP contribution in [0.4, 0.5) is 8.78 Å². The van der Waals surface area contributed by atoms with Crippen LogP contribution in [-0.4, -0.2) is 67.1 Å². The average Bonchev–Trinajstić information content (AvgIpc) is 3.07. The van der Waals surface area contributed by atoms with E-state index in [1.54, 1.807) is 0 Å². The lowest BCUT2D eigenvalue weighted by molar-refractivity contribution is 0.480. The van der Waals surface area contributed by atoms with E-state index < -0.39 is 37.0 Å². The predicted octanol–water partition coefficient (Wildman–Crippen LogP) is -0.135. The molecular formula is C12H14F2N6O4S2. The second kappa shape index (κ2) is 7.05. The van der Waals surface area contributed by atoms with Crippen molar-refractivity contribution in [3.05, 3.63) is 41.7 Å². The lowest BCUT2D eigenvalue weighted by Crippen LogP contribution is -2.30. The van der Waals surface area contributed by atoms with Crippen molar-refractivity contribution in [2.45, 2.75) is 5.16 Å².